The van der Waals surface area contributed by atoms with E-state index in [9.17, 15) is 14.7 Å². The molecule has 0 saturated carbocycles. The summed E-state index contributed by atoms with van der Waals surface area (Å²) in [5.41, 5.74) is 0.0182. The highest BCUT2D eigenvalue weighted by molar-refractivity contribution is 7.13. The zero-order valence-electron chi connectivity index (χ0n) is 11.8. The van der Waals surface area contributed by atoms with Gasteiger partial charge in [0.1, 0.15) is 0 Å². The van der Waals surface area contributed by atoms with Crippen molar-refractivity contribution in [3.05, 3.63) is 11.1 Å². The number of thiazole rings is 1. The lowest BCUT2D eigenvalue weighted by molar-refractivity contribution is -0.150. The third-order valence-electron chi connectivity index (χ3n) is 3.95. The zero-order chi connectivity index (χ0) is 14.9. The number of rotatable bonds is 3. The Bertz CT molecular complexity index is 529. The SMILES string of the molecule is Cc1csc(NC(=O)N2CCC(C(=O)O)(C(C)C)C2)n1. The lowest BCUT2D eigenvalue weighted by atomic mass is 9.76. The first-order chi connectivity index (χ1) is 9.35. The molecule has 2 heterocycles. The highest BCUT2D eigenvalue weighted by atomic mass is 32.1. The standard InChI is InChI=1S/C13H19N3O3S/c1-8(2)13(10(17)18)4-5-16(7-13)12(19)15-11-14-9(3)6-20-11/h6,8H,4-5,7H2,1-3H3,(H,17,18)(H,14,15,19). The van der Waals surface area contributed by atoms with E-state index in [4.69, 9.17) is 0 Å². The Kier molecular flexibility index (Phi) is 3.99. The quantitative estimate of drug-likeness (QED) is 0.897. The van der Waals surface area contributed by atoms with E-state index in [2.05, 4.69) is 10.3 Å². The Morgan fingerprint density at radius 1 is 1.55 bits per heavy atom. The van der Waals surface area contributed by atoms with E-state index in [0.29, 0.717) is 18.1 Å². The molecular weight excluding hydrogens is 278 g/mol. The predicted octanol–water partition coefficient (Wildman–Crippen LogP) is 2.42. The molecule has 1 saturated heterocycles. The molecule has 1 atom stereocenters. The Labute approximate surface area is 121 Å². The number of carbonyl (C=O) groups excluding carboxylic acids is 1. The van der Waals surface area contributed by atoms with E-state index in [-0.39, 0.29) is 18.5 Å². The maximum atomic E-state index is 12.1. The van der Waals surface area contributed by atoms with Crippen LogP contribution in [0.15, 0.2) is 5.38 Å². The van der Waals surface area contributed by atoms with Crippen molar-refractivity contribution in [2.75, 3.05) is 18.4 Å². The molecule has 1 aliphatic rings. The zero-order valence-corrected chi connectivity index (χ0v) is 12.7. The van der Waals surface area contributed by atoms with Gasteiger partial charge < -0.3 is 10.0 Å². The summed E-state index contributed by atoms with van der Waals surface area (Å²) in [6.45, 7) is 6.34. The molecule has 0 bridgehead atoms. The predicted molar refractivity (Wildman–Crippen MR) is 77.0 cm³/mol. The molecule has 110 valence electrons. The number of anilines is 1. The van der Waals surface area contributed by atoms with Gasteiger partial charge in [-0.25, -0.2) is 9.78 Å². The molecule has 1 aromatic heterocycles. The van der Waals surface area contributed by atoms with E-state index in [1.807, 2.05) is 26.2 Å². The third kappa shape index (κ3) is 2.63. The van der Waals surface area contributed by atoms with Gasteiger partial charge in [0, 0.05) is 18.5 Å². The first-order valence-electron chi connectivity index (χ1n) is 6.56. The van der Waals surface area contributed by atoms with Gasteiger partial charge in [0.05, 0.1) is 11.1 Å². The minimum atomic E-state index is -0.837. The summed E-state index contributed by atoms with van der Waals surface area (Å²) in [7, 11) is 0. The molecule has 2 rings (SSSR count). The van der Waals surface area contributed by atoms with Crippen LogP contribution >= 0.6 is 11.3 Å². The van der Waals surface area contributed by atoms with E-state index in [1.165, 1.54) is 11.3 Å². The fraction of sp³-hybridized carbons (Fsp3) is 0.615. The number of aromatic nitrogens is 1. The van der Waals surface area contributed by atoms with Crippen molar-refractivity contribution in [2.24, 2.45) is 11.3 Å². The Balaban J connectivity index is 2.05. The van der Waals surface area contributed by atoms with Gasteiger partial charge in [-0.15, -0.1) is 11.3 Å². The molecular formula is C13H19N3O3S. The van der Waals surface area contributed by atoms with Crippen LogP contribution in [-0.4, -0.2) is 40.1 Å². The minimum Gasteiger partial charge on any atom is -0.481 e. The Morgan fingerprint density at radius 2 is 2.25 bits per heavy atom. The second-order valence-corrected chi connectivity index (χ2v) is 6.37. The van der Waals surface area contributed by atoms with Crippen LogP contribution in [0.2, 0.25) is 0 Å². The van der Waals surface area contributed by atoms with Crippen LogP contribution in [0.25, 0.3) is 0 Å². The number of nitrogens with one attached hydrogen (secondary N) is 1. The van der Waals surface area contributed by atoms with Crippen LogP contribution in [0.4, 0.5) is 9.93 Å². The maximum Gasteiger partial charge on any atom is 0.323 e. The smallest absolute Gasteiger partial charge is 0.323 e. The third-order valence-corrected chi connectivity index (χ3v) is 4.83. The summed E-state index contributed by atoms with van der Waals surface area (Å²) < 4.78 is 0. The average molecular weight is 297 g/mol. The molecule has 2 N–H and O–H groups in total. The monoisotopic (exact) mass is 297 g/mol. The maximum absolute atomic E-state index is 12.1. The van der Waals surface area contributed by atoms with Crippen molar-refractivity contribution in [3.8, 4) is 0 Å². The number of amides is 2. The number of urea groups is 1. The summed E-state index contributed by atoms with van der Waals surface area (Å²) in [4.78, 5) is 29.4. The molecule has 1 aliphatic heterocycles. The fourth-order valence-corrected chi connectivity index (χ4v) is 3.16. The van der Waals surface area contributed by atoms with Crippen molar-refractivity contribution in [3.63, 3.8) is 0 Å². The molecule has 1 fully saturated rings. The summed E-state index contributed by atoms with van der Waals surface area (Å²) in [6, 6.07) is -0.275. The van der Waals surface area contributed by atoms with Gasteiger partial charge in [-0.05, 0) is 19.3 Å². The summed E-state index contributed by atoms with van der Waals surface area (Å²) in [6.07, 6.45) is 0.490. The molecule has 0 aliphatic carbocycles. The van der Waals surface area contributed by atoms with Gasteiger partial charge >= 0.3 is 12.0 Å². The Morgan fingerprint density at radius 3 is 2.70 bits per heavy atom. The van der Waals surface area contributed by atoms with Crippen LogP contribution in [0.1, 0.15) is 26.0 Å². The molecule has 0 radical (unpaired) electrons. The van der Waals surface area contributed by atoms with Crippen LogP contribution in [-0.2, 0) is 4.79 Å². The number of nitrogens with zero attached hydrogens (tertiary/aromatic N) is 2. The van der Waals surface area contributed by atoms with Gasteiger partial charge in [0.15, 0.2) is 5.13 Å². The van der Waals surface area contributed by atoms with Crippen LogP contribution < -0.4 is 5.32 Å². The van der Waals surface area contributed by atoms with Gasteiger partial charge in [-0.1, -0.05) is 13.8 Å². The highest BCUT2D eigenvalue weighted by Gasteiger charge is 2.48. The molecule has 1 unspecified atom stereocenters. The van der Waals surface area contributed by atoms with E-state index in [0.717, 1.165) is 5.69 Å². The Hall–Kier alpha value is -1.63. The molecule has 1 aromatic rings. The van der Waals surface area contributed by atoms with Crippen LogP contribution in [0.3, 0.4) is 0 Å². The van der Waals surface area contributed by atoms with Crippen molar-refractivity contribution in [1.29, 1.82) is 0 Å². The van der Waals surface area contributed by atoms with Gasteiger partial charge in [-0.2, -0.15) is 0 Å². The number of carboxylic acid groups (broad SMARTS) is 1. The van der Waals surface area contributed by atoms with Crippen molar-refractivity contribution < 1.29 is 14.7 Å². The van der Waals surface area contributed by atoms with E-state index in [1.54, 1.807) is 4.90 Å². The summed E-state index contributed by atoms with van der Waals surface area (Å²) in [5.74, 6) is -0.840. The first-order valence-corrected chi connectivity index (χ1v) is 7.44. The van der Waals surface area contributed by atoms with E-state index >= 15 is 0 Å². The lowest BCUT2D eigenvalue weighted by Crippen LogP contribution is -2.41. The highest BCUT2D eigenvalue weighted by Crippen LogP contribution is 2.38. The molecule has 0 aromatic carbocycles. The molecule has 0 spiro atoms. The largest absolute Gasteiger partial charge is 0.481 e. The lowest BCUT2D eigenvalue weighted by Gasteiger charge is -2.28. The van der Waals surface area contributed by atoms with Crippen LogP contribution in [0, 0.1) is 18.3 Å². The number of carboxylic acids is 1. The average Bonchev–Trinajstić information content (AvgIpc) is 2.96. The van der Waals surface area contributed by atoms with E-state index < -0.39 is 11.4 Å². The number of hydrogen-bond acceptors (Lipinski definition) is 4. The number of aliphatic carboxylic acids is 1. The molecule has 20 heavy (non-hydrogen) atoms. The van der Waals surface area contributed by atoms with Crippen molar-refractivity contribution in [2.45, 2.75) is 27.2 Å². The molecule has 2 amide bonds. The minimum absolute atomic E-state index is 0.0140. The number of aryl methyl sites for hydroxylation is 1. The van der Waals surface area contributed by atoms with Gasteiger partial charge in [0.2, 0.25) is 0 Å². The van der Waals surface area contributed by atoms with Gasteiger partial charge in [0.25, 0.3) is 0 Å². The topological polar surface area (TPSA) is 82.5 Å². The second kappa shape index (κ2) is 5.40. The van der Waals surface area contributed by atoms with Crippen LogP contribution in [0.5, 0.6) is 0 Å². The molecule has 6 nitrogen and oxygen atoms in total. The number of carbonyl (C=O) groups is 2. The van der Waals surface area contributed by atoms with Gasteiger partial charge in [-0.3, -0.25) is 10.1 Å². The first kappa shape index (κ1) is 14.8. The number of hydrogen-bond donors (Lipinski definition) is 2. The number of likely N-dealkylation sites (tertiary alicyclic amines) is 1. The van der Waals surface area contributed by atoms with Crippen molar-refractivity contribution >= 4 is 28.5 Å². The second-order valence-electron chi connectivity index (χ2n) is 5.51. The molecule has 7 heteroatoms. The summed E-state index contributed by atoms with van der Waals surface area (Å²) in [5, 5.41) is 14.6. The fourth-order valence-electron chi connectivity index (χ4n) is 2.48. The summed E-state index contributed by atoms with van der Waals surface area (Å²) >= 11 is 1.36. The normalized spacial score (nSPS) is 22.3. The van der Waals surface area contributed by atoms with Crippen molar-refractivity contribution in [1.82, 2.24) is 9.88 Å².